The van der Waals surface area contributed by atoms with E-state index < -0.39 is 13.9 Å². The van der Waals surface area contributed by atoms with Crippen LogP contribution in [-0.2, 0) is 4.43 Å². The van der Waals surface area contributed by atoms with Crippen LogP contribution >= 0.6 is 0 Å². The lowest BCUT2D eigenvalue weighted by atomic mass is 10.0. The zero-order chi connectivity index (χ0) is 9.83. The maximum Gasteiger partial charge on any atom is 0.185 e. The van der Waals surface area contributed by atoms with E-state index in [4.69, 9.17) is 9.69 Å². The van der Waals surface area contributed by atoms with Gasteiger partial charge in [0, 0.05) is 0 Å². The van der Waals surface area contributed by atoms with Crippen LogP contribution in [0.2, 0.25) is 19.6 Å². The molecule has 0 fully saturated rings. The monoisotopic (exact) mass is 185 g/mol. The second kappa shape index (κ2) is 4.06. The molecule has 3 heteroatoms. The number of hydrogen-bond donors (Lipinski definition) is 0. The highest BCUT2D eigenvalue weighted by Crippen LogP contribution is 2.21. The Balaban J connectivity index is 4.27. The second-order valence-corrected chi connectivity index (χ2v) is 8.74. The molecule has 1 atom stereocenters. The Morgan fingerprint density at radius 3 is 2.17 bits per heavy atom. The molecule has 0 radical (unpaired) electrons. The standard InChI is InChI=1S/C9H19NOSi/c1-6-7-9(2,8-10)11-12(3,4)5/h6-7H2,1-5H3. The minimum Gasteiger partial charge on any atom is -0.400 e. The van der Waals surface area contributed by atoms with Crippen LogP contribution in [-0.4, -0.2) is 13.9 Å². The normalized spacial score (nSPS) is 16.7. The first-order chi connectivity index (χ1) is 5.33. The van der Waals surface area contributed by atoms with Crippen LogP contribution in [0, 0.1) is 11.3 Å². The average Bonchev–Trinajstić information content (AvgIpc) is 1.84. The molecule has 0 spiro atoms. The molecule has 0 saturated heterocycles. The SMILES string of the molecule is CCCC(C)(C#N)O[Si](C)(C)C. The van der Waals surface area contributed by atoms with Crippen molar-refractivity contribution in [2.75, 3.05) is 0 Å². The van der Waals surface area contributed by atoms with Gasteiger partial charge in [0.05, 0.1) is 6.07 Å². The van der Waals surface area contributed by atoms with Gasteiger partial charge in [-0.3, -0.25) is 0 Å². The summed E-state index contributed by atoms with van der Waals surface area (Å²) >= 11 is 0. The molecule has 0 N–H and O–H groups in total. The van der Waals surface area contributed by atoms with Crippen LogP contribution < -0.4 is 0 Å². The van der Waals surface area contributed by atoms with Gasteiger partial charge in [0.15, 0.2) is 8.32 Å². The summed E-state index contributed by atoms with van der Waals surface area (Å²) in [5.74, 6) is 0. The molecule has 12 heavy (non-hydrogen) atoms. The molecule has 2 nitrogen and oxygen atoms in total. The molecule has 0 aromatic carbocycles. The minimum absolute atomic E-state index is 0.556. The van der Waals surface area contributed by atoms with Crippen molar-refractivity contribution >= 4 is 8.32 Å². The Morgan fingerprint density at radius 2 is 1.92 bits per heavy atom. The fraction of sp³-hybridized carbons (Fsp3) is 0.889. The van der Waals surface area contributed by atoms with Gasteiger partial charge in [-0.25, -0.2) is 0 Å². The van der Waals surface area contributed by atoms with Crippen LogP contribution in [0.5, 0.6) is 0 Å². The first-order valence-corrected chi connectivity index (χ1v) is 7.85. The van der Waals surface area contributed by atoms with Gasteiger partial charge in [-0.05, 0) is 33.0 Å². The summed E-state index contributed by atoms with van der Waals surface area (Å²) < 4.78 is 5.79. The molecule has 70 valence electrons. The fourth-order valence-electron chi connectivity index (χ4n) is 1.28. The maximum absolute atomic E-state index is 8.93. The quantitative estimate of drug-likeness (QED) is 0.631. The maximum atomic E-state index is 8.93. The van der Waals surface area contributed by atoms with Crippen molar-refractivity contribution in [1.29, 1.82) is 5.26 Å². The topological polar surface area (TPSA) is 33.0 Å². The summed E-state index contributed by atoms with van der Waals surface area (Å²) in [4.78, 5) is 0. The minimum atomic E-state index is -1.57. The lowest BCUT2D eigenvalue weighted by Gasteiger charge is -2.30. The molecule has 1 unspecified atom stereocenters. The highest BCUT2D eigenvalue weighted by molar-refractivity contribution is 6.69. The van der Waals surface area contributed by atoms with Crippen molar-refractivity contribution in [2.24, 2.45) is 0 Å². The summed E-state index contributed by atoms with van der Waals surface area (Å²) in [5.41, 5.74) is -0.556. The van der Waals surface area contributed by atoms with Crippen LogP contribution in [0.3, 0.4) is 0 Å². The van der Waals surface area contributed by atoms with Crippen molar-refractivity contribution < 1.29 is 4.43 Å². The van der Waals surface area contributed by atoms with E-state index in [0.29, 0.717) is 0 Å². The summed E-state index contributed by atoms with van der Waals surface area (Å²) in [6.45, 7) is 10.3. The lowest BCUT2D eigenvalue weighted by molar-refractivity contribution is 0.129. The highest BCUT2D eigenvalue weighted by Gasteiger charge is 2.30. The summed E-state index contributed by atoms with van der Waals surface area (Å²) in [6, 6.07) is 2.25. The van der Waals surface area contributed by atoms with Gasteiger partial charge in [-0.2, -0.15) is 5.26 Å². The van der Waals surface area contributed by atoms with Gasteiger partial charge in [-0.15, -0.1) is 0 Å². The molecule has 0 aromatic rings. The van der Waals surface area contributed by atoms with E-state index in [1.54, 1.807) is 0 Å². The molecule has 0 aromatic heterocycles. The molecule has 0 amide bonds. The van der Waals surface area contributed by atoms with Crippen molar-refractivity contribution in [3.05, 3.63) is 0 Å². The van der Waals surface area contributed by atoms with E-state index >= 15 is 0 Å². The molecule has 0 saturated carbocycles. The third-order valence-electron chi connectivity index (χ3n) is 1.50. The molecule has 0 bridgehead atoms. The zero-order valence-corrected chi connectivity index (χ0v) is 9.77. The van der Waals surface area contributed by atoms with Gasteiger partial charge in [0.1, 0.15) is 5.60 Å². The predicted octanol–water partition coefficient (Wildman–Crippen LogP) is 2.92. The first-order valence-electron chi connectivity index (χ1n) is 4.44. The van der Waals surface area contributed by atoms with E-state index in [-0.39, 0.29) is 0 Å². The third kappa shape index (κ3) is 4.53. The largest absolute Gasteiger partial charge is 0.400 e. The van der Waals surface area contributed by atoms with E-state index in [1.165, 1.54) is 0 Å². The van der Waals surface area contributed by atoms with Crippen LogP contribution in [0.1, 0.15) is 26.7 Å². The van der Waals surface area contributed by atoms with Gasteiger partial charge in [0.25, 0.3) is 0 Å². The number of nitriles is 1. The Kier molecular flexibility index (Phi) is 3.95. The van der Waals surface area contributed by atoms with Gasteiger partial charge in [0.2, 0.25) is 0 Å². The molecule has 0 rings (SSSR count). The van der Waals surface area contributed by atoms with Crippen molar-refractivity contribution in [1.82, 2.24) is 0 Å². The number of nitrogens with zero attached hydrogens (tertiary/aromatic N) is 1. The van der Waals surface area contributed by atoms with Crippen molar-refractivity contribution in [3.63, 3.8) is 0 Å². The number of rotatable bonds is 4. The molecular formula is C9H19NOSi. The second-order valence-electron chi connectivity index (χ2n) is 4.31. The molecule has 0 aliphatic rings. The third-order valence-corrected chi connectivity index (χ3v) is 2.56. The molecule has 0 heterocycles. The summed E-state index contributed by atoms with van der Waals surface area (Å²) in [7, 11) is -1.57. The van der Waals surface area contributed by atoms with E-state index in [9.17, 15) is 0 Å². The lowest BCUT2D eigenvalue weighted by Crippen LogP contribution is -2.39. The summed E-state index contributed by atoms with van der Waals surface area (Å²) in [5, 5.41) is 8.93. The van der Waals surface area contributed by atoms with E-state index in [2.05, 4.69) is 32.6 Å². The molecule has 0 aliphatic carbocycles. The Morgan fingerprint density at radius 1 is 1.42 bits per heavy atom. The molecular weight excluding hydrogens is 166 g/mol. The van der Waals surface area contributed by atoms with Crippen molar-refractivity contribution in [3.8, 4) is 6.07 Å². The van der Waals surface area contributed by atoms with Gasteiger partial charge in [-0.1, -0.05) is 13.3 Å². The van der Waals surface area contributed by atoms with E-state index in [1.807, 2.05) is 6.92 Å². The van der Waals surface area contributed by atoms with Gasteiger partial charge < -0.3 is 4.43 Å². The number of hydrogen-bond acceptors (Lipinski definition) is 2. The van der Waals surface area contributed by atoms with Crippen LogP contribution in [0.15, 0.2) is 0 Å². The van der Waals surface area contributed by atoms with Crippen LogP contribution in [0.4, 0.5) is 0 Å². The predicted molar refractivity (Wildman–Crippen MR) is 53.4 cm³/mol. The summed E-state index contributed by atoms with van der Waals surface area (Å²) in [6.07, 6.45) is 1.82. The molecule has 0 aliphatic heterocycles. The highest BCUT2D eigenvalue weighted by atomic mass is 28.4. The van der Waals surface area contributed by atoms with Crippen molar-refractivity contribution in [2.45, 2.75) is 51.9 Å². The average molecular weight is 185 g/mol. The van der Waals surface area contributed by atoms with Gasteiger partial charge >= 0.3 is 0 Å². The Hall–Kier alpha value is -0.333. The Bertz CT molecular complexity index is 180. The fourth-order valence-corrected chi connectivity index (χ4v) is 2.78. The zero-order valence-electron chi connectivity index (χ0n) is 8.77. The smallest absolute Gasteiger partial charge is 0.185 e. The van der Waals surface area contributed by atoms with Crippen LogP contribution in [0.25, 0.3) is 0 Å². The first kappa shape index (κ1) is 11.7. The Labute approximate surface area is 76.7 Å². The van der Waals surface area contributed by atoms with E-state index in [0.717, 1.165) is 12.8 Å².